The third kappa shape index (κ3) is 2.97. The third-order valence-electron chi connectivity index (χ3n) is 5.52. The van der Waals surface area contributed by atoms with Gasteiger partial charge in [0.1, 0.15) is 5.82 Å². The maximum Gasteiger partial charge on any atom is 0.227 e. The minimum Gasteiger partial charge on any atom is -0.340 e. The molecule has 1 saturated heterocycles. The van der Waals surface area contributed by atoms with Gasteiger partial charge in [-0.15, -0.1) is 0 Å². The van der Waals surface area contributed by atoms with Crippen molar-refractivity contribution in [3.05, 3.63) is 53.1 Å². The summed E-state index contributed by atoms with van der Waals surface area (Å²) in [6.45, 7) is 3.72. The molecule has 1 amide bonds. The van der Waals surface area contributed by atoms with Gasteiger partial charge in [-0.25, -0.2) is 4.98 Å². The second kappa shape index (κ2) is 6.42. The van der Waals surface area contributed by atoms with Crippen LogP contribution in [0.25, 0.3) is 0 Å². The molecule has 0 N–H and O–H groups in total. The first-order chi connectivity index (χ1) is 11.7. The van der Waals surface area contributed by atoms with Gasteiger partial charge in [0.05, 0.1) is 12.5 Å². The number of aryl methyl sites for hydroxylation is 3. The van der Waals surface area contributed by atoms with E-state index < -0.39 is 0 Å². The molecule has 126 valence electrons. The van der Waals surface area contributed by atoms with Crippen LogP contribution in [0.2, 0.25) is 0 Å². The van der Waals surface area contributed by atoms with E-state index in [0.717, 1.165) is 31.8 Å². The molecule has 1 atom stereocenters. The monoisotopic (exact) mass is 323 g/mol. The molecule has 1 aromatic heterocycles. The van der Waals surface area contributed by atoms with Crippen LogP contribution in [0.5, 0.6) is 0 Å². The van der Waals surface area contributed by atoms with Crippen molar-refractivity contribution in [2.24, 2.45) is 0 Å². The van der Waals surface area contributed by atoms with Crippen molar-refractivity contribution < 1.29 is 4.79 Å². The van der Waals surface area contributed by atoms with E-state index in [2.05, 4.69) is 27.8 Å². The average Bonchev–Trinajstić information content (AvgIpc) is 3.23. The van der Waals surface area contributed by atoms with E-state index in [-0.39, 0.29) is 5.91 Å². The highest BCUT2D eigenvalue weighted by atomic mass is 16.2. The number of aromatic nitrogens is 2. The molecule has 1 unspecified atom stereocenters. The number of carbonyl (C=O) groups is 1. The predicted molar refractivity (Wildman–Crippen MR) is 94.0 cm³/mol. The molecule has 1 fully saturated rings. The van der Waals surface area contributed by atoms with Gasteiger partial charge in [0.15, 0.2) is 0 Å². The fraction of sp³-hybridized carbons (Fsp3) is 0.500. The summed E-state index contributed by atoms with van der Waals surface area (Å²) in [5, 5.41) is 0. The Morgan fingerprint density at radius 3 is 2.96 bits per heavy atom. The van der Waals surface area contributed by atoms with Crippen molar-refractivity contribution in [1.29, 1.82) is 0 Å². The summed E-state index contributed by atoms with van der Waals surface area (Å²) in [6.07, 6.45) is 10.2. The van der Waals surface area contributed by atoms with Gasteiger partial charge in [0.2, 0.25) is 5.91 Å². The molecule has 4 nitrogen and oxygen atoms in total. The summed E-state index contributed by atoms with van der Waals surface area (Å²) in [5.74, 6) is 1.29. The second-order valence-electron chi connectivity index (χ2n) is 7.15. The normalized spacial score (nSPS) is 20.2. The Morgan fingerprint density at radius 2 is 2.12 bits per heavy atom. The number of nitrogens with zero attached hydrogens (tertiary/aromatic N) is 3. The minimum atomic E-state index is 0.260. The summed E-state index contributed by atoms with van der Waals surface area (Å²) >= 11 is 0. The highest BCUT2D eigenvalue weighted by Gasteiger charge is 2.25. The molecular formula is C20H25N3O. The first-order valence-electron chi connectivity index (χ1n) is 9.08. The summed E-state index contributed by atoms with van der Waals surface area (Å²) in [7, 11) is 0. The largest absolute Gasteiger partial charge is 0.340 e. The number of piperidine rings is 1. The van der Waals surface area contributed by atoms with Gasteiger partial charge in [-0.3, -0.25) is 4.79 Å². The van der Waals surface area contributed by atoms with Gasteiger partial charge in [-0.2, -0.15) is 0 Å². The molecule has 1 aliphatic heterocycles. The number of hydrogen-bond donors (Lipinski definition) is 0. The zero-order valence-electron chi connectivity index (χ0n) is 14.4. The Balaban J connectivity index is 1.43. The summed E-state index contributed by atoms with van der Waals surface area (Å²) in [6, 6.07) is 6.98. The van der Waals surface area contributed by atoms with Crippen molar-refractivity contribution in [1.82, 2.24) is 14.5 Å². The van der Waals surface area contributed by atoms with Crippen molar-refractivity contribution in [2.45, 2.75) is 51.5 Å². The van der Waals surface area contributed by atoms with Crippen molar-refractivity contribution >= 4 is 5.91 Å². The quantitative estimate of drug-likeness (QED) is 0.870. The number of rotatable bonds is 3. The van der Waals surface area contributed by atoms with Crippen LogP contribution in [0.1, 0.15) is 47.8 Å². The van der Waals surface area contributed by atoms with Crippen molar-refractivity contribution in [3.63, 3.8) is 0 Å². The average molecular weight is 323 g/mol. The Bertz CT molecular complexity index is 749. The summed E-state index contributed by atoms with van der Waals surface area (Å²) in [5.41, 5.74) is 4.09. The SMILES string of the molecule is Cc1nccn1C1CCCN(C(=O)Cc2ccc3c(c2)CCC3)C1. The van der Waals surface area contributed by atoms with E-state index in [1.165, 1.54) is 36.0 Å². The van der Waals surface area contributed by atoms with Crippen LogP contribution in [0, 0.1) is 6.92 Å². The van der Waals surface area contributed by atoms with E-state index in [1.54, 1.807) is 0 Å². The number of likely N-dealkylation sites (tertiary alicyclic amines) is 1. The first kappa shape index (κ1) is 15.4. The third-order valence-corrected chi connectivity index (χ3v) is 5.52. The molecule has 1 aliphatic carbocycles. The van der Waals surface area contributed by atoms with Crippen LogP contribution in [-0.2, 0) is 24.1 Å². The van der Waals surface area contributed by atoms with Gasteiger partial charge < -0.3 is 9.47 Å². The van der Waals surface area contributed by atoms with Crippen LogP contribution in [0.4, 0.5) is 0 Å². The molecule has 0 spiro atoms. The molecule has 2 aromatic rings. The van der Waals surface area contributed by atoms with Gasteiger partial charge in [0, 0.05) is 25.5 Å². The molecule has 0 radical (unpaired) electrons. The Hall–Kier alpha value is -2.10. The smallest absolute Gasteiger partial charge is 0.227 e. The van der Waals surface area contributed by atoms with E-state index in [4.69, 9.17) is 0 Å². The molecule has 4 heteroatoms. The van der Waals surface area contributed by atoms with Gasteiger partial charge in [0.25, 0.3) is 0 Å². The zero-order chi connectivity index (χ0) is 16.5. The first-order valence-corrected chi connectivity index (χ1v) is 9.08. The minimum absolute atomic E-state index is 0.260. The van der Waals surface area contributed by atoms with E-state index >= 15 is 0 Å². The van der Waals surface area contributed by atoms with Crippen LogP contribution < -0.4 is 0 Å². The molecule has 0 saturated carbocycles. The lowest BCUT2D eigenvalue weighted by molar-refractivity contribution is -0.132. The van der Waals surface area contributed by atoms with Crippen molar-refractivity contribution in [3.8, 4) is 0 Å². The van der Waals surface area contributed by atoms with Crippen LogP contribution in [0.3, 0.4) is 0 Å². The molecule has 24 heavy (non-hydrogen) atoms. The highest BCUT2D eigenvalue weighted by Crippen LogP contribution is 2.25. The van der Waals surface area contributed by atoms with Gasteiger partial charge >= 0.3 is 0 Å². The van der Waals surface area contributed by atoms with Crippen LogP contribution in [0.15, 0.2) is 30.6 Å². The molecule has 4 rings (SSSR count). The van der Waals surface area contributed by atoms with Gasteiger partial charge in [-0.05, 0) is 55.7 Å². The number of amides is 1. The fourth-order valence-corrected chi connectivity index (χ4v) is 4.20. The second-order valence-corrected chi connectivity index (χ2v) is 7.15. The number of carbonyl (C=O) groups excluding carboxylic acids is 1. The topological polar surface area (TPSA) is 38.1 Å². The van der Waals surface area contributed by atoms with Crippen LogP contribution in [-0.4, -0.2) is 33.4 Å². The number of hydrogen-bond acceptors (Lipinski definition) is 2. The zero-order valence-corrected chi connectivity index (χ0v) is 14.4. The lowest BCUT2D eigenvalue weighted by atomic mass is 10.0. The Morgan fingerprint density at radius 1 is 1.25 bits per heavy atom. The van der Waals surface area contributed by atoms with E-state index in [9.17, 15) is 4.79 Å². The summed E-state index contributed by atoms with van der Waals surface area (Å²) in [4.78, 5) is 19.1. The Labute approximate surface area is 143 Å². The Kier molecular flexibility index (Phi) is 4.13. The standard InChI is InChI=1S/C20H25N3O/c1-15-21-9-11-23(15)19-6-3-10-22(14-19)20(24)13-16-7-8-17-4-2-5-18(17)12-16/h7-9,11-12,19H,2-6,10,13-14H2,1H3. The van der Waals surface area contributed by atoms with Gasteiger partial charge in [-0.1, -0.05) is 18.2 Å². The number of benzene rings is 1. The summed E-state index contributed by atoms with van der Waals surface area (Å²) < 4.78 is 2.22. The highest BCUT2D eigenvalue weighted by molar-refractivity contribution is 5.79. The molecule has 0 bridgehead atoms. The molecular weight excluding hydrogens is 298 g/mol. The lowest BCUT2D eigenvalue weighted by Crippen LogP contribution is -2.41. The number of imidazole rings is 1. The molecule has 2 aliphatic rings. The fourth-order valence-electron chi connectivity index (χ4n) is 4.20. The lowest BCUT2D eigenvalue weighted by Gasteiger charge is -2.34. The molecule has 2 heterocycles. The maximum absolute atomic E-state index is 12.8. The predicted octanol–water partition coefficient (Wildman–Crippen LogP) is 3.09. The van der Waals surface area contributed by atoms with E-state index in [0.29, 0.717) is 12.5 Å². The van der Waals surface area contributed by atoms with E-state index in [1.807, 2.05) is 24.2 Å². The molecule has 1 aromatic carbocycles. The van der Waals surface area contributed by atoms with Crippen molar-refractivity contribution in [2.75, 3.05) is 13.1 Å². The maximum atomic E-state index is 12.8. The number of fused-ring (bicyclic) bond motifs is 1. The van der Waals surface area contributed by atoms with Crippen LogP contribution >= 0.6 is 0 Å².